The van der Waals surface area contributed by atoms with E-state index in [0.29, 0.717) is 5.69 Å². The van der Waals surface area contributed by atoms with Crippen LogP contribution in [0.3, 0.4) is 0 Å². The fourth-order valence-electron chi connectivity index (χ4n) is 6.42. The summed E-state index contributed by atoms with van der Waals surface area (Å²) < 4.78 is 8.61. The highest BCUT2D eigenvalue weighted by Gasteiger charge is 2.34. The Morgan fingerprint density at radius 1 is 0.683 bits per heavy atom. The van der Waals surface area contributed by atoms with E-state index in [1.165, 1.54) is 11.1 Å². The van der Waals surface area contributed by atoms with Crippen LogP contribution in [0.15, 0.2) is 115 Å². The molecule has 5 aromatic carbocycles. The first-order valence-electron chi connectivity index (χ1n) is 13.7. The molecule has 0 radical (unpaired) electrons. The fourth-order valence-corrected chi connectivity index (χ4v) is 6.42. The number of ether oxygens (including phenoxy) is 1. The quantitative estimate of drug-likeness (QED) is 0.210. The van der Waals surface area contributed by atoms with Gasteiger partial charge in [-0.1, -0.05) is 68.4 Å². The predicted octanol–water partition coefficient (Wildman–Crippen LogP) is 9.98. The smallest absolute Gasteiger partial charge is 0.188 e. The van der Waals surface area contributed by atoms with E-state index in [-0.39, 0.29) is 5.41 Å². The van der Waals surface area contributed by atoms with Crippen LogP contribution in [0.25, 0.3) is 54.4 Å². The topological polar surface area (TPSA) is 31.4 Å². The molecule has 0 spiro atoms. The fraction of sp³-hybridized carbons (Fsp3) is 0.0811. The van der Waals surface area contributed by atoms with Crippen LogP contribution in [0.2, 0.25) is 0 Å². The maximum Gasteiger partial charge on any atom is 0.188 e. The molecule has 0 aliphatic carbocycles. The highest BCUT2D eigenvalue weighted by Crippen LogP contribution is 2.49. The van der Waals surface area contributed by atoms with Crippen LogP contribution in [0, 0.1) is 6.57 Å². The van der Waals surface area contributed by atoms with Gasteiger partial charge in [0.25, 0.3) is 0 Å². The van der Waals surface area contributed by atoms with Crippen molar-refractivity contribution in [3.05, 3.63) is 138 Å². The molecule has 1 aliphatic heterocycles. The van der Waals surface area contributed by atoms with E-state index in [9.17, 15) is 0 Å². The van der Waals surface area contributed by atoms with Crippen molar-refractivity contribution in [2.24, 2.45) is 0 Å². The molecule has 41 heavy (non-hydrogen) atoms. The molecule has 4 nitrogen and oxygen atoms in total. The zero-order valence-electron chi connectivity index (χ0n) is 22.7. The molecule has 4 heteroatoms. The highest BCUT2D eigenvalue weighted by molar-refractivity contribution is 6.12. The summed E-state index contributed by atoms with van der Waals surface area (Å²) in [4.78, 5) is 8.33. The number of para-hydroxylation sites is 2. The van der Waals surface area contributed by atoms with Crippen molar-refractivity contribution in [1.29, 1.82) is 0 Å². The van der Waals surface area contributed by atoms with Gasteiger partial charge in [0, 0.05) is 33.5 Å². The van der Waals surface area contributed by atoms with Crippen molar-refractivity contribution in [2.75, 3.05) is 0 Å². The molecule has 0 saturated heterocycles. The lowest BCUT2D eigenvalue weighted by atomic mass is 9.75. The van der Waals surface area contributed by atoms with E-state index in [1.807, 2.05) is 42.6 Å². The number of pyridine rings is 1. The highest BCUT2D eigenvalue weighted by atomic mass is 16.5. The van der Waals surface area contributed by atoms with Gasteiger partial charge in [-0.05, 0) is 71.1 Å². The first-order chi connectivity index (χ1) is 20.0. The number of hydrogen-bond donors (Lipinski definition) is 0. The van der Waals surface area contributed by atoms with Gasteiger partial charge in [0.2, 0.25) is 0 Å². The van der Waals surface area contributed by atoms with Crippen LogP contribution in [-0.2, 0) is 5.41 Å². The lowest BCUT2D eigenvalue weighted by Crippen LogP contribution is -2.24. The van der Waals surface area contributed by atoms with Crippen LogP contribution >= 0.6 is 0 Å². The van der Waals surface area contributed by atoms with Crippen molar-refractivity contribution < 1.29 is 4.74 Å². The van der Waals surface area contributed by atoms with Gasteiger partial charge >= 0.3 is 0 Å². The Bertz CT molecular complexity index is 2230. The average molecular weight is 528 g/mol. The number of aromatic nitrogens is 2. The summed E-state index contributed by atoms with van der Waals surface area (Å²) >= 11 is 0. The van der Waals surface area contributed by atoms with Crippen molar-refractivity contribution in [3.8, 4) is 28.3 Å². The van der Waals surface area contributed by atoms with Crippen LogP contribution < -0.4 is 4.74 Å². The predicted molar refractivity (Wildman–Crippen MR) is 166 cm³/mol. The molecule has 3 heterocycles. The molecule has 194 valence electrons. The third-order valence-electron chi connectivity index (χ3n) is 8.51. The minimum absolute atomic E-state index is 0.187. The molecule has 0 fully saturated rings. The maximum atomic E-state index is 7.66. The van der Waals surface area contributed by atoms with Gasteiger partial charge in [-0.15, -0.1) is 0 Å². The molecule has 0 amide bonds. The van der Waals surface area contributed by atoms with Crippen LogP contribution in [-0.4, -0.2) is 9.55 Å². The van der Waals surface area contributed by atoms with Gasteiger partial charge < -0.3 is 9.30 Å². The van der Waals surface area contributed by atoms with Crippen molar-refractivity contribution in [2.45, 2.75) is 19.3 Å². The van der Waals surface area contributed by atoms with E-state index >= 15 is 0 Å². The van der Waals surface area contributed by atoms with Gasteiger partial charge in [-0.3, -0.25) is 4.98 Å². The summed E-state index contributed by atoms with van der Waals surface area (Å²) in [5.41, 5.74) is 9.27. The molecular weight excluding hydrogens is 502 g/mol. The third kappa shape index (κ3) is 3.43. The van der Waals surface area contributed by atoms with Crippen molar-refractivity contribution in [3.63, 3.8) is 0 Å². The standard InChI is InChI=1S/C37H25N3O/c1-37(2)29-9-5-7-11-35(29)41-36-17-13-24(21-30(36)37)23-12-15-32-27(20-23)28-22-25(38-3)14-16-33(28)40(32)34-18-19-39-31-10-6-4-8-26(31)34/h4-22H,1-2H3. The van der Waals surface area contributed by atoms with E-state index in [4.69, 9.17) is 11.3 Å². The zero-order chi connectivity index (χ0) is 27.7. The molecule has 7 aromatic rings. The maximum absolute atomic E-state index is 7.66. The molecule has 0 unspecified atom stereocenters. The summed E-state index contributed by atoms with van der Waals surface area (Å²) in [5.74, 6) is 1.83. The van der Waals surface area contributed by atoms with Gasteiger partial charge in [0.1, 0.15) is 11.5 Å². The summed E-state index contributed by atoms with van der Waals surface area (Å²) in [7, 11) is 0. The van der Waals surface area contributed by atoms with E-state index < -0.39 is 0 Å². The summed E-state index contributed by atoms with van der Waals surface area (Å²) in [6.07, 6.45) is 1.87. The number of nitrogens with zero attached hydrogens (tertiary/aromatic N) is 3. The van der Waals surface area contributed by atoms with Crippen molar-refractivity contribution >= 4 is 38.4 Å². The average Bonchev–Trinajstić information content (AvgIpc) is 3.33. The Labute approximate surface area is 237 Å². The van der Waals surface area contributed by atoms with Gasteiger partial charge in [0.05, 0.1) is 28.8 Å². The SMILES string of the molecule is [C-]#[N+]c1ccc2c(c1)c1cc(-c3ccc4c(c3)C(C)(C)c3ccccc3O4)ccc1n2-c1ccnc2ccccc12. The molecule has 8 rings (SSSR count). The summed E-state index contributed by atoms with van der Waals surface area (Å²) in [6.45, 7) is 12.2. The number of benzene rings is 5. The Balaban J connectivity index is 1.36. The van der Waals surface area contributed by atoms with Gasteiger partial charge in [0.15, 0.2) is 5.69 Å². The molecule has 0 saturated carbocycles. The summed E-state index contributed by atoms with van der Waals surface area (Å²) in [5, 5.41) is 3.26. The normalized spacial score (nSPS) is 13.5. The number of fused-ring (bicyclic) bond motifs is 6. The van der Waals surface area contributed by atoms with Crippen LogP contribution in [0.4, 0.5) is 5.69 Å². The third-order valence-corrected chi connectivity index (χ3v) is 8.51. The molecule has 0 N–H and O–H groups in total. The largest absolute Gasteiger partial charge is 0.457 e. The Morgan fingerprint density at radius 3 is 2.27 bits per heavy atom. The van der Waals surface area contributed by atoms with Crippen LogP contribution in [0.5, 0.6) is 11.5 Å². The lowest BCUT2D eigenvalue weighted by molar-refractivity contribution is 0.418. The van der Waals surface area contributed by atoms with Gasteiger partial charge in [-0.25, -0.2) is 4.85 Å². The van der Waals surface area contributed by atoms with Crippen LogP contribution in [0.1, 0.15) is 25.0 Å². The number of hydrogen-bond acceptors (Lipinski definition) is 2. The Kier molecular flexibility index (Phi) is 4.90. The monoisotopic (exact) mass is 527 g/mol. The second-order valence-electron chi connectivity index (χ2n) is 11.2. The first kappa shape index (κ1) is 23.5. The van der Waals surface area contributed by atoms with Crippen molar-refractivity contribution in [1.82, 2.24) is 9.55 Å². The van der Waals surface area contributed by atoms with E-state index in [0.717, 1.165) is 61.0 Å². The second-order valence-corrected chi connectivity index (χ2v) is 11.2. The molecule has 0 bridgehead atoms. The minimum Gasteiger partial charge on any atom is -0.457 e. The lowest BCUT2D eigenvalue weighted by Gasteiger charge is -2.34. The summed E-state index contributed by atoms with van der Waals surface area (Å²) in [6, 6.07) is 37.7. The van der Waals surface area contributed by atoms with E-state index in [1.54, 1.807) is 0 Å². The minimum atomic E-state index is -0.187. The molecule has 1 aliphatic rings. The molecule has 0 atom stereocenters. The first-order valence-corrected chi connectivity index (χ1v) is 13.7. The Hall–Kier alpha value is -5.40. The second kappa shape index (κ2) is 8.55. The van der Waals surface area contributed by atoms with Gasteiger partial charge in [-0.2, -0.15) is 0 Å². The zero-order valence-corrected chi connectivity index (χ0v) is 22.7. The number of rotatable bonds is 2. The van der Waals surface area contributed by atoms with E-state index in [2.05, 4.69) is 101 Å². The molecule has 2 aromatic heterocycles. The molecular formula is C37H25N3O. The Morgan fingerprint density at radius 2 is 1.39 bits per heavy atom.